The lowest BCUT2D eigenvalue weighted by Gasteiger charge is -2.18. The third-order valence-electron chi connectivity index (χ3n) is 5.54. The van der Waals surface area contributed by atoms with Crippen LogP contribution in [0.3, 0.4) is 0 Å². The van der Waals surface area contributed by atoms with Gasteiger partial charge in [-0.25, -0.2) is 4.68 Å². The van der Waals surface area contributed by atoms with E-state index in [1.165, 1.54) is 18.4 Å². The minimum atomic E-state index is 0.0541. The number of carbonyl (C=O) groups excluding carboxylic acids is 1. The standard InChI is InChI=1S/C20H26N4O/c1-15(16-7-8-16)24-19(9-11-21-24)22-20(25)14-23-12-10-18(13-23)17-5-3-2-4-6-17/h2-6,9,11,15-16,18H,7-8,10,12-14H2,1H3,(H,22,25). The van der Waals surface area contributed by atoms with E-state index in [-0.39, 0.29) is 5.91 Å². The maximum absolute atomic E-state index is 12.5. The van der Waals surface area contributed by atoms with Crippen LogP contribution in [0.1, 0.15) is 43.7 Å². The van der Waals surface area contributed by atoms with Gasteiger partial charge >= 0.3 is 0 Å². The Morgan fingerprint density at radius 1 is 1.24 bits per heavy atom. The van der Waals surface area contributed by atoms with Crippen molar-refractivity contribution in [2.24, 2.45) is 5.92 Å². The second-order valence-corrected chi connectivity index (χ2v) is 7.42. The number of likely N-dealkylation sites (tertiary alicyclic amines) is 1. The summed E-state index contributed by atoms with van der Waals surface area (Å²) in [6.45, 7) is 4.57. The Morgan fingerprint density at radius 2 is 2.04 bits per heavy atom. The molecule has 1 aliphatic heterocycles. The van der Waals surface area contributed by atoms with Gasteiger partial charge in [0.25, 0.3) is 0 Å². The van der Waals surface area contributed by atoms with Gasteiger partial charge in [0.15, 0.2) is 0 Å². The molecule has 25 heavy (non-hydrogen) atoms. The van der Waals surface area contributed by atoms with Crippen LogP contribution in [0.2, 0.25) is 0 Å². The zero-order valence-electron chi connectivity index (χ0n) is 14.8. The molecule has 1 aliphatic carbocycles. The van der Waals surface area contributed by atoms with Gasteiger partial charge in [-0.15, -0.1) is 0 Å². The summed E-state index contributed by atoms with van der Waals surface area (Å²) in [7, 11) is 0. The molecule has 1 saturated carbocycles. The van der Waals surface area contributed by atoms with Crippen LogP contribution >= 0.6 is 0 Å². The fourth-order valence-electron chi connectivity index (χ4n) is 3.88. The fraction of sp³-hybridized carbons (Fsp3) is 0.500. The van der Waals surface area contributed by atoms with Gasteiger partial charge in [0.2, 0.25) is 5.91 Å². The number of rotatable bonds is 6. The number of nitrogens with zero attached hydrogens (tertiary/aromatic N) is 3. The predicted molar refractivity (Wildman–Crippen MR) is 98.5 cm³/mol. The molecule has 0 spiro atoms. The molecule has 5 nitrogen and oxygen atoms in total. The molecule has 1 saturated heterocycles. The SMILES string of the molecule is CC(C1CC1)n1nccc1NC(=O)CN1CCC(c2ccccc2)C1. The molecule has 2 heterocycles. The van der Waals surface area contributed by atoms with E-state index in [4.69, 9.17) is 0 Å². The lowest BCUT2D eigenvalue weighted by Crippen LogP contribution is -2.32. The zero-order chi connectivity index (χ0) is 17.2. The number of anilines is 1. The van der Waals surface area contributed by atoms with E-state index in [1.807, 2.05) is 10.7 Å². The topological polar surface area (TPSA) is 50.2 Å². The summed E-state index contributed by atoms with van der Waals surface area (Å²) in [6.07, 6.45) is 5.43. The van der Waals surface area contributed by atoms with Crippen molar-refractivity contribution in [3.05, 3.63) is 48.2 Å². The molecule has 1 amide bonds. The van der Waals surface area contributed by atoms with Crippen molar-refractivity contribution in [3.63, 3.8) is 0 Å². The van der Waals surface area contributed by atoms with E-state index in [0.29, 0.717) is 24.4 Å². The van der Waals surface area contributed by atoms with Crippen LogP contribution in [0.15, 0.2) is 42.6 Å². The summed E-state index contributed by atoms with van der Waals surface area (Å²) in [5, 5.41) is 7.46. The highest BCUT2D eigenvalue weighted by molar-refractivity contribution is 5.91. The maximum atomic E-state index is 12.5. The largest absolute Gasteiger partial charge is 0.310 e. The summed E-state index contributed by atoms with van der Waals surface area (Å²) in [5.74, 6) is 2.12. The molecular weight excluding hydrogens is 312 g/mol. The Labute approximate surface area is 149 Å². The Bertz CT molecular complexity index is 722. The van der Waals surface area contributed by atoms with Gasteiger partial charge in [0.1, 0.15) is 5.82 Å². The minimum absolute atomic E-state index is 0.0541. The van der Waals surface area contributed by atoms with Crippen molar-refractivity contribution < 1.29 is 4.79 Å². The van der Waals surface area contributed by atoms with Crippen molar-refractivity contribution in [1.82, 2.24) is 14.7 Å². The van der Waals surface area contributed by atoms with Crippen molar-refractivity contribution in [2.45, 2.75) is 38.1 Å². The average Bonchev–Trinajstić information content (AvgIpc) is 3.21. The van der Waals surface area contributed by atoms with Gasteiger partial charge in [0, 0.05) is 12.6 Å². The Balaban J connectivity index is 1.32. The van der Waals surface area contributed by atoms with Gasteiger partial charge in [-0.2, -0.15) is 5.10 Å². The smallest absolute Gasteiger partial charge is 0.239 e. The number of amides is 1. The second kappa shape index (κ2) is 7.00. The van der Waals surface area contributed by atoms with E-state index in [9.17, 15) is 4.79 Å². The lowest BCUT2D eigenvalue weighted by atomic mass is 9.99. The molecule has 5 heteroatoms. The molecule has 2 aliphatic rings. The number of aromatic nitrogens is 2. The summed E-state index contributed by atoms with van der Waals surface area (Å²) >= 11 is 0. The first-order chi connectivity index (χ1) is 12.2. The highest BCUT2D eigenvalue weighted by Gasteiger charge is 2.31. The average molecular weight is 338 g/mol. The van der Waals surface area contributed by atoms with Gasteiger partial charge in [-0.05, 0) is 50.1 Å². The first-order valence-electron chi connectivity index (χ1n) is 9.31. The molecular formula is C20H26N4O. The lowest BCUT2D eigenvalue weighted by molar-refractivity contribution is -0.117. The third kappa shape index (κ3) is 3.76. The molecule has 4 rings (SSSR count). The molecule has 1 aromatic heterocycles. The molecule has 0 bridgehead atoms. The van der Waals surface area contributed by atoms with Crippen LogP contribution in [0.5, 0.6) is 0 Å². The van der Waals surface area contributed by atoms with Crippen LogP contribution in [0, 0.1) is 5.92 Å². The molecule has 2 aromatic rings. The molecule has 2 atom stereocenters. The van der Waals surface area contributed by atoms with Crippen LogP contribution in [-0.4, -0.2) is 40.2 Å². The molecule has 1 aromatic carbocycles. The highest BCUT2D eigenvalue weighted by atomic mass is 16.2. The van der Waals surface area contributed by atoms with Crippen molar-refractivity contribution in [1.29, 1.82) is 0 Å². The summed E-state index contributed by atoms with van der Waals surface area (Å²) in [5.41, 5.74) is 1.38. The molecule has 2 unspecified atom stereocenters. The van der Waals surface area contributed by atoms with E-state index >= 15 is 0 Å². The first kappa shape index (κ1) is 16.3. The van der Waals surface area contributed by atoms with Gasteiger partial charge in [-0.1, -0.05) is 30.3 Å². The summed E-state index contributed by atoms with van der Waals surface area (Å²) in [4.78, 5) is 14.7. The monoisotopic (exact) mass is 338 g/mol. The van der Waals surface area contributed by atoms with Crippen LogP contribution in [-0.2, 0) is 4.79 Å². The van der Waals surface area contributed by atoms with Gasteiger partial charge < -0.3 is 5.32 Å². The van der Waals surface area contributed by atoms with E-state index in [0.717, 1.165) is 25.3 Å². The molecule has 2 fully saturated rings. The van der Waals surface area contributed by atoms with Gasteiger partial charge in [-0.3, -0.25) is 9.69 Å². The number of hydrogen-bond donors (Lipinski definition) is 1. The van der Waals surface area contributed by atoms with Crippen LogP contribution in [0.25, 0.3) is 0 Å². The number of hydrogen-bond acceptors (Lipinski definition) is 3. The number of nitrogens with one attached hydrogen (secondary N) is 1. The van der Waals surface area contributed by atoms with Crippen LogP contribution < -0.4 is 5.32 Å². The predicted octanol–water partition coefficient (Wildman–Crippen LogP) is 3.28. The summed E-state index contributed by atoms with van der Waals surface area (Å²) in [6, 6.07) is 12.9. The summed E-state index contributed by atoms with van der Waals surface area (Å²) < 4.78 is 1.96. The van der Waals surface area contributed by atoms with E-state index < -0.39 is 0 Å². The van der Waals surface area contributed by atoms with Gasteiger partial charge in [0.05, 0.1) is 18.8 Å². The highest BCUT2D eigenvalue weighted by Crippen LogP contribution is 2.40. The number of carbonyl (C=O) groups is 1. The Morgan fingerprint density at radius 3 is 2.80 bits per heavy atom. The first-order valence-corrected chi connectivity index (χ1v) is 9.31. The van der Waals surface area contributed by atoms with Crippen molar-refractivity contribution in [3.8, 4) is 0 Å². The Kier molecular flexibility index (Phi) is 4.57. The fourth-order valence-corrected chi connectivity index (χ4v) is 3.88. The number of benzene rings is 1. The molecule has 0 radical (unpaired) electrons. The molecule has 132 valence electrons. The van der Waals surface area contributed by atoms with E-state index in [1.54, 1.807) is 6.20 Å². The third-order valence-corrected chi connectivity index (χ3v) is 5.54. The second-order valence-electron chi connectivity index (χ2n) is 7.42. The van der Waals surface area contributed by atoms with Crippen molar-refractivity contribution in [2.75, 3.05) is 25.0 Å². The zero-order valence-corrected chi connectivity index (χ0v) is 14.8. The van der Waals surface area contributed by atoms with Crippen LogP contribution in [0.4, 0.5) is 5.82 Å². The van der Waals surface area contributed by atoms with E-state index in [2.05, 4.69) is 52.6 Å². The minimum Gasteiger partial charge on any atom is -0.310 e. The Hall–Kier alpha value is -2.14. The van der Waals surface area contributed by atoms with Crippen molar-refractivity contribution >= 4 is 11.7 Å². The molecule has 1 N–H and O–H groups in total. The normalized spacial score (nSPS) is 22.0. The quantitative estimate of drug-likeness (QED) is 0.879. The maximum Gasteiger partial charge on any atom is 0.239 e.